The molecule has 2 heteroatoms. The molecular weight excluding hydrogens is 244 g/mol. The summed E-state index contributed by atoms with van der Waals surface area (Å²) in [7, 11) is 0. The van der Waals surface area contributed by atoms with Crippen LogP contribution in [0.1, 0.15) is 25.3 Å². The lowest BCUT2D eigenvalue weighted by Crippen LogP contribution is -1.86. The summed E-state index contributed by atoms with van der Waals surface area (Å²) in [4.78, 5) is 1.36. The summed E-state index contributed by atoms with van der Waals surface area (Å²) in [5, 5.41) is 1.06. The Bertz CT molecular complexity index is 241. The van der Waals surface area contributed by atoms with Crippen LogP contribution in [-0.4, -0.2) is 11.1 Å². The maximum Gasteiger partial charge on any atom is 0.0126 e. The van der Waals surface area contributed by atoms with Crippen molar-refractivity contribution in [1.82, 2.24) is 0 Å². The number of hydrogen-bond acceptors (Lipinski definition) is 1. The summed E-state index contributed by atoms with van der Waals surface area (Å²) in [6.07, 6.45) is 0. The largest absolute Gasteiger partial charge is 0.125 e. The first-order chi connectivity index (χ1) is 6.24. The van der Waals surface area contributed by atoms with Crippen molar-refractivity contribution < 1.29 is 0 Å². The van der Waals surface area contributed by atoms with Gasteiger partial charge in [-0.25, -0.2) is 0 Å². The van der Waals surface area contributed by atoms with Gasteiger partial charge in [0.05, 0.1) is 0 Å². The fraction of sp³-hybridized carbons (Fsp3) is 0.455. The molecule has 1 rings (SSSR count). The average molecular weight is 259 g/mol. The summed E-state index contributed by atoms with van der Waals surface area (Å²) < 4.78 is 0. The van der Waals surface area contributed by atoms with E-state index in [1.165, 1.54) is 10.5 Å². The van der Waals surface area contributed by atoms with Crippen LogP contribution in [0.5, 0.6) is 0 Å². The molecule has 0 atom stereocenters. The molecule has 1 aromatic carbocycles. The van der Waals surface area contributed by atoms with E-state index >= 15 is 0 Å². The first kappa shape index (κ1) is 11.1. The summed E-state index contributed by atoms with van der Waals surface area (Å²) in [6, 6.07) is 8.87. The molecular formula is C11H15BrS. The van der Waals surface area contributed by atoms with E-state index in [1.807, 2.05) is 11.8 Å². The van der Waals surface area contributed by atoms with Crippen molar-refractivity contribution in [1.29, 1.82) is 0 Å². The van der Waals surface area contributed by atoms with E-state index in [0.29, 0.717) is 5.92 Å². The monoisotopic (exact) mass is 258 g/mol. The van der Waals surface area contributed by atoms with Crippen molar-refractivity contribution in [3.8, 4) is 0 Å². The van der Waals surface area contributed by atoms with E-state index in [4.69, 9.17) is 0 Å². The molecule has 0 unspecified atom stereocenters. The Kier molecular flexibility index (Phi) is 4.89. The van der Waals surface area contributed by atoms with E-state index in [0.717, 1.165) is 11.1 Å². The zero-order chi connectivity index (χ0) is 9.68. The van der Waals surface area contributed by atoms with Gasteiger partial charge in [-0.05, 0) is 23.6 Å². The number of benzene rings is 1. The first-order valence-electron chi connectivity index (χ1n) is 4.52. The Hall–Kier alpha value is 0.0500. The van der Waals surface area contributed by atoms with Crippen molar-refractivity contribution in [3.05, 3.63) is 29.8 Å². The van der Waals surface area contributed by atoms with Crippen LogP contribution in [0.25, 0.3) is 0 Å². The smallest absolute Gasteiger partial charge is 0.0126 e. The van der Waals surface area contributed by atoms with Gasteiger partial charge in [0.1, 0.15) is 0 Å². The Labute approximate surface area is 93.2 Å². The molecule has 0 bridgehead atoms. The minimum Gasteiger partial charge on any atom is -0.125 e. The molecule has 0 nitrogen and oxygen atoms in total. The van der Waals surface area contributed by atoms with Crippen LogP contribution in [0.2, 0.25) is 0 Å². The molecule has 0 N–H and O–H groups in total. The second-order valence-electron chi connectivity index (χ2n) is 3.26. The molecule has 0 fully saturated rings. The van der Waals surface area contributed by atoms with Crippen molar-refractivity contribution in [2.75, 3.05) is 11.1 Å². The van der Waals surface area contributed by atoms with Crippen LogP contribution in [0.3, 0.4) is 0 Å². The predicted molar refractivity (Wildman–Crippen MR) is 65.0 cm³/mol. The van der Waals surface area contributed by atoms with Gasteiger partial charge in [-0.15, -0.1) is 11.8 Å². The number of thioether (sulfide) groups is 1. The first-order valence-corrected chi connectivity index (χ1v) is 6.63. The molecule has 0 aromatic heterocycles. The molecule has 0 heterocycles. The molecule has 0 aliphatic rings. The number of halogens is 1. The fourth-order valence-electron chi connectivity index (χ4n) is 1.11. The minimum atomic E-state index is 0.634. The summed E-state index contributed by atoms with van der Waals surface area (Å²) in [6.45, 7) is 4.45. The molecule has 0 spiro atoms. The predicted octanol–water partition coefficient (Wildman–Crippen LogP) is 4.30. The second kappa shape index (κ2) is 5.71. The van der Waals surface area contributed by atoms with E-state index < -0.39 is 0 Å². The Morgan fingerprint density at radius 2 is 1.85 bits per heavy atom. The third-order valence-electron chi connectivity index (χ3n) is 1.89. The number of alkyl halides is 1. The van der Waals surface area contributed by atoms with Gasteiger partial charge in [0, 0.05) is 16.0 Å². The summed E-state index contributed by atoms with van der Waals surface area (Å²) in [5.41, 5.74) is 1.42. The zero-order valence-corrected chi connectivity index (χ0v) is 10.5. The highest BCUT2D eigenvalue weighted by atomic mass is 79.9. The third kappa shape index (κ3) is 3.74. The third-order valence-corrected chi connectivity index (χ3v) is 3.83. The normalized spacial score (nSPS) is 10.8. The fourth-order valence-corrected chi connectivity index (χ4v) is 2.23. The molecule has 13 heavy (non-hydrogen) atoms. The highest BCUT2D eigenvalue weighted by Gasteiger charge is 1.98. The highest BCUT2D eigenvalue weighted by Crippen LogP contribution is 2.21. The topological polar surface area (TPSA) is 0 Å². The van der Waals surface area contributed by atoms with Gasteiger partial charge in [-0.1, -0.05) is 41.9 Å². The molecule has 0 aliphatic heterocycles. The van der Waals surface area contributed by atoms with E-state index in [9.17, 15) is 0 Å². The molecule has 0 saturated carbocycles. The summed E-state index contributed by atoms with van der Waals surface area (Å²) >= 11 is 5.32. The molecule has 0 amide bonds. The van der Waals surface area contributed by atoms with Gasteiger partial charge in [-0.2, -0.15) is 0 Å². The van der Waals surface area contributed by atoms with Gasteiger partial charge in [0.15, 0.2) is 0 Å². The zero-order valence-electron chi connectivity index (χ0n) is 8.09. The van der Waals surface area contributed by atoms with E-state index in [2.05, 4.69) is 54.0 Å². The van der Waals surface area contributed by atoms with Crippen molar-refractivity contribution in [3.63, 3.8) is 0 Å². The van der Waals surface area contributed by atoms with Gasteiger partial charge >= 0.3 is 0 Å². The Morgan fingerprint density at radius 1 is 1.23 bits per heavy atom. The second-order valence-corrected chi connectivity index (χ2v) is 5.22. The highest BCUT2D eigenvalue weighted by molar-refractivity contribution is 9.09. The number of rotatable bonds is 4. The van der Waals surface area contributed by atoms with Crippen molar-refractivity contribution >= 4 is 27.7 Å². The maximum atomic E-state index is 3.42. The lowest BCUT2D eigenvalue weighted by Gasteiger charge is -2.05. The van der Waals surface area contributed by atoms with Crippen LogP contribution < -0.4 is 0 Å². The Morgan fingerprint density at radius 3 is 2.31 bits per heavy atom. The van der Waals surface area contributed by atoms with Gasteiger partial charge in [0.2, 0.25) is 0 Å². The van der Waals surface area contributed by atoms with Gasteiger partial charge < -0.3 is 0 Å². The number of hydrogen-bond donors (Lipinski definition) is 0. The molecule has 0 saturated heterocycles. The maximum absolute atomic E-state index is 3.42. The molecule has 0 aliphatic carbocycles. The van der Waals surface area contributed by atoms with Crippen LogP contribution in [0, 0.1) is 0 Å². The molecule has 72 valence electrons. The molecule has 1 aromatic rings. The van der Waals surface area contributed by atoms with E-state index in [-0.39, 0.29) is 0 Å². The lowest BCUT2D eigenvalue weighted by molar-refractivity contribution is 0.865. The minimum absolute atomic E-state index is 0.634. The molecule has 0 radical (unpaired) electrons. The van der Waals surface area contributed by atoms with Gasteiger partial charge in [-0.3, -0.25) is 0 Å². The van der Waals surface area contributed by atoms with Crippen LogP contribution in [-0.2, 0) is 0 Å². The standard InChI is InChI=1S/C11H15BrS/c1-9(2)10-3-5-11(6-4-10)13-8-7-12/h3-6,9H,7-8H2,1-2H3. The van der Waals surface area contributed by atoms with E-state index in [1.54, 1.807) is 0 Å². The quantitative estimate of drug-likeness (QED) is 0.574. The Balaban J connectivity index is 2.59. The summed E-state index contributed by atoms with van der Waals surface area (Å²) in [5.74, 6) is 1.77. The average Bonchev–Trinajstić information content (AvgIpc) is 2.15. The van der Waals surface area contributed by atoms with Crippen molar-refractivity contribution in [2.45, 2.75) is 24.7 Å². The lowest BCUT2D eigenvalue weighted by atomic mass is 10.0. The SMILES string of the molecule is CC(C)c1ccc(SCCBr)cc1. The van der Waals surface area contributed by atoms with Crippen LogP contribution in [0.4, 0.5) is 0 Å². The van der Waals surface area contributed by atoms with Crippen LogP contribution in [0.15, 0.2) is 29.2 Å². The van der Waals surface area contributed by atoms with Crippen LogP contribution >= 0.6 is 27.7 Å². The van der Waals surface area contributed by atoms with Crippen molar-refractivity contribution in [2.24, 2.45) is 0 Å². The van der Waals surface area contributed by atoms with Gasteiger partial charge in [0.25, 0.3) is 0 Å².